The lowest BCUT2D eigenvalue weighted by molar-refractivity contribution is 0.0683. The van der Waals surface area contributed by atoms with Gasteiger partial charge in [0.2, 0.25) is 5.89 Å². The van der Waals surface area contributed by atoms with Gasteiger partial charge in [-0.2, -0.15) is 4.98 Å². The molecule has 7 nitrogen and oxygen atoms in total. The first-order valence-electron chi connectivity index (χ1n) is 8.67. The van der Waals surface area contributed by atoms with Crippen LogP contribution in [-0.2, 0) is 17.7 Å². The van der Waals surface area contributed by atoms with Crippen LogP contribution in [0.15, 0.2) is 27.7 Å². The number of aryl methyl sites for hydroxylation is 1. The Labute approximate surface area is 153 Å². The van der Waals surface area contributed by atoms with Gasteiger partial charge in [0.15, 0.2) is 11.8 Å². The second-order valence-electron chi connectivity index (χ2n) is 5.82. The topological polar surface area (TPSA) is 84.6 Å². The lowest BCUT2D eigenvalue weighted by Gasteiger charge is -2.11. The minimum Gasteiger partial charge on any atom is -0.371 e. The van der Waals surface area contributed by atoms with E-state index >= 15 is 0 Å². The molecule has 1 atom stereocenters. The Bertz CT molecular complexity index is 732. The fraction of sp³-hybridized carbons (Fsp3) is 0.500. The SMILES string of the molecule is CCOC(C)c1noc(CNC(=NC)NCCc2ccc(F)cc2C)n1. The maximum absolute atomic E-state index is 13.1. The van der Waals surface area contributed by atoms with Gasteiger partial charge in [-0.15, -0.1) is 0 Å². The Kier molecular flexibility index (Phi) is 7.53. The summed E-state index contributed by atoms with van der Waals surface area (Å²) in [5, 5.41) is 10.2. The summed E-state index contributed by atoms with van der Waals surface area (Å²) in [6.45, 7) is 7.32. The summed E-state index contributed by atoms with van der Waals surface area (Å²) in [6, 6.07) is 4.83. The molecule has 0 amide bonds. The van der Waals surface area contributed by atoms with Crippen LogP contribution in [0.5, 0.6) is 0 Å². The molecule has 2 aromatic rings. The van der Waals surface area contributed by atoms with E-state index in [1.165, 1.54) is 6.07 Å². The lowest BCUT2D eigenvalue weighted by Crippen LogP contribution is -2.38. The molecule has 8 heteroatoms. The Morgan fingerprint density at radius 2 is 2.19 bits per heavy atom. The van der Waals surface area contributed by atoms with E-state index in [1.54, 1.807) is 13.1 Å². The molecule has 1 heterocycles. The monoisotopic (exact) mass is 363 g/mol. The summed E-state index contributed by atoms with van der Waals surface area (Å²) in [5.41, 5.74) is 2.04. The third kappa shape index (κ3) is 5.80. The molecule has 0 fully saturated rings. The van der Waals surface area contributed by atoms with E-state index < -0.39 is 0 Å². The zero-order valence-corrected chi connectivity index (χ0v) is 15.7. The summed E-state index contributed by atoms with van der Waals surface area (Å²) in [4.78, 5) is 8.46. The van der Waals surface area contributed by atoms with Crippen molar-refractivity contribution in [1.29, 1.82) is 0 Å². The summed E-state index contributed by atoms with van der Waals surface area (Å²) < 4.78 is 23.8. The van der Waals surface area contributed by atoms with Gasteiger partial charge in [-0.1, -0.05) is 11.2 Å². The fourth-order valence-electron chi connectivity index (χ4n) is 2.46. The van der Waals surface area contributed by atoms with E-state index in [4.69, 9.17) is 9.26 Å². The van der Waals surface area contributed by atoms with Crippen LogP contribution < -0.4 is 10.6 Å². The van der Waals surface area contributed by atoms with Gasteiger partial charge in [0, 0.05) is 20.2 Å². The number of nitrogens with zero attached hydrogens (tertiary/aromatic N) is 3. The summed E-state index contributed by atoms with van der Waals surface area (Å²) in [6.07, 6.45) is 0.567. The first kappa shape index (κ1) is 19.8. The van der Waals surface area contributed by atoms with E-state index in [0.717, 1.165) is 17.5 Å². The summed E-state index contributed by atoms with van der Waals surface area (Å²) in [7, 11) is 1.69. The van der Waals surface area contributed by atoms with Gasteiger partial charge in [-0.25, -0.2) is 4.39 Å². The Morgan fingerprint density at radius 1 is 1.38 bits per heavy atom. The van der Waals surface area contributed by atoms with Gasteiger partial charge in [-0.05, 0) is 50.5 Å². The predicted octanol–water partition coefficient (Wildman–Crippen LogP) is 2.52. The fourth-order valence-corrected chi connectivity index (χ4v) is 2.46. The smallest absolute Gasteiger partial charge is 0.246 e. The molecule has 1 aromatic heterocycles. The number of ether oxygens (including phenoxy) is 1. The van der Waals surface area contributed by atoms with Gasteiger partial charge in [0.1, 0.15) is 11.9 Å². The zero-order chi connectivity index (χ0) is 18.9. The molecule has 1 aromatic carbocycles. The highest BCUT2D eigenvalue weighted by molar-refractivity contribution is 5.79. The van der Waals surface area contributed by atoms with Gasteiger partial charge < -0.3 is 19.9 Å². The standard InChI is InChI=1S/C18H26FN5O2/c1-5-25-13(3)17-23-16(26-24-17)11-22-18(20-4)21-9-8-14-6-7-15(19)10-12(14)2/h6-7,10,13H,5,8-9,11H2,1-4H3,(H2,20,21,22). The minimum absolute atomic E-state index is 0.200. The number of halogens is 1. The third-order valence-electron chi connectivity index (χ3n) is 3.89. The van der Waals surface area contributed by atoms with Crippen molar-refractivity contribution in [3.63, 3.8) is 0 Å². The van der Waals surface area contributed by atoms with Crippen LogP contribution in [-0.4, -0.2) is 36.3 Å². The van der Waals surface area contributed by atoms with E-state index in [1.807, 2.05) is 26.8 Å². The first-order chi connectivity index (χ1) is 12.5. The highest BCUT2D eigenvalue weighted by Crippen LogP contribution is 2.12. The molecule has 26 heavy (non-hydrogen) atoms. The van der Waals surface area contributed by atoms with Crippen molar-refractivity contribution in [1.82, 2.24) is 20.8 Å². The zero-order valence-electron chi connectivity index (χ0n) is 15.7. The number of hydrogen-bond acceptors (Lipinski definition) is 5. The minimum atomic E-state index is -0.214. The number of hydrogen-bond donors (Lipinski definition) is 2. The Morgan fingerprint density at radius 3 is 2.88 bits per heavy atom. The van der Waals surface area contributed by atoms with Crippen LogP contribution in [0, 0.1) is 12.7 Å². The maximum atomic E-state index is 13.1. The highest BCUT2D eigenvalue weighted by Gasteiger charge is 2.13. The lowest BCUT2D eigenvalue weighted by atomic mass is 10.1. The van der Waals surface area contributed by atoms with Gasteiger partial charge in [0.05, 0.1) is 6.54 Å². The van der Waals surface area contributed by atoms with E-state index in [9.17, 15) is 4.39 Å². The molecular weight excluding hydrogens is 337 g/mol. The van der Waals surface area contributed by atoms with Crippen molar-refractivity contribution in [3.05, 3.63) is 46.9 Å². The second kappa shape index (κ2) is 9.86. The number of benzene rings is 1. The van der Waals surface area contributed by atoms with Crippen molar-refractivity contribution >= 4 is 5.96 Å². The molecule has 0 radical (unpaired) electrons. The average Bonchev–Trinajstić information content (AvgIpc) is 3.09. The Balaban J connectivity index is 1.79. The quantitative estimate of drug-likeness (QED) is 0.554. The third-order valence-corrected chi connectivity index (χ3v) is 3.89. The molecule has 0 aliphatic rings. The van der Waals surface area contributed by atoms with E-state index in [-0.39, 0.29) is 11.9 Å². The normalized spacial score (nSPS) is 12.9. The molecule has 0 aliphatic carbocycles. The van der Waals surface area contributed by atoms with Crippen LogP contribution in [0.3, 0.4) is 0 Å². The van der Waals surface area contributed by atoms with Crippen LogP contribution >= 0.6 is 0 Å². The number of aromatic nitrogens is 2. The molecule has 2 rings (SSSR count). The van der Waals surface area contributed by atoms with Crippen LogP contribution in [0.2, 0.25) is 0 Å². The van der Waals surface area contributed by atoms with E-state index in [2.05, 4.69) is 25.8 Å². The van der Waals surface area contributed by atoms with E-state index in [0.29, 0.717) is 37.4 Å². The molecule has 0 spiro atoms. The van der Waals surface area contributed by atoms with Gasteiger partial charge in [0.25, 0.3) is 0 Å². The highest BCUT2D eigenvalue weighted by atomic mass is 19.1. The molecule has 0 saturated heterocycles. The van der Waals surface area contributed by atoms with Crippen molar-refractivity contribution in [3.8, 4) is 0 Å². The molecule has 0 bridgehead atoms. The number of aliphatic imine (C=N–C) groups is 1. The van der Waals surface area contributed by atoms with Crippen molar-refractivity contribution in [2.24, 2.45) is 4.99 Å². The largest absolute Gasteiger partial charge is 0.371 e. The molecular formula is C18H26FN5O2. The van der Waals surface area contributed by atoms with Gasteiger partial charge >= 0.3 is 0 Å². The number of guanidine groups is 1. The van der Waals surface area contributed by atoms with Crippen LogP contribution in [0.4, 0.5) is 4.39 Å². The molecule has 142 valence electrons. The first-order valence-corrected chi connectivity index (χ1v) is 8.67. The molecule has 2 N–H and O–H groups in total. The molecule has 1 unspecified atom stereocenters. The maximum Gasteiger partial charge on any atom is 0.246 e. The predicted molar refractivity (Wildman–Crippen MR) is 97.4 cm³/mol. The van der Waals surface area contributed by atoms with Crippen LogP contribution in [0.25, 0.3) is 0 Å². The average molecular weight is 363 g/mol. The van der Waals surface area contributed by atoms with Crippen molar-refractivity contribution in [2.45, 2.75) is 39.8 Å². The van der Waals surface area contributed by atoms with Crippen LogP contribution in [0.1, 0.15) is 42.8 Å². The molecule has 0 aliphatic heterocycles. The molecule has 0 saturated carbocycles. The number of rotatable bonds is 8. The van der Waals surface area contributed by atoms with Gasteiger partial charge in [-0.3, -0.25) is 4.99 Å². The Hall–Kier alpha value is -2.48. The van der Waals surface area contributed by atoms with Crippen molar-refractivity contribution < 1.29 is 13.7 Å². The summed E-state index contributed by atoms with van der Waals surface area (Å²) >= 11 is 0. The number of nitrogens with one attached hydrogen (secondary N) is 2. The van der Waals surface area contributed by atoms with Crippen molar-refractivity contribution in [2.75, 3.05) is 20.2 Å². The summed E-state index contributed by atoms with van der Waals surface area (Å²) in [5.74, 6) is 1.40. The second-order valence-corrected chi connectivity index (χ2v) is 5.82.